The van der Waals surface area contributed by atoms with E-state index in [0.717, 1.165) is 0 Å². The van der Waals surface area contributed by atoms with Gasteiger partial charge in [0.15, 0.2) is 0 Å². The first-order valence-corrected chi connectivity index (χ1v) is 18.5. The van der Waals surface area contributed by atoms with Gasteiger partial charge in [0.25, 0.3) is 0 Å². The van der Waals surface area contributed by atoms with Crippen LogP contribution in [0.2, 0.25) is 0 Å². The zero-order valence-corrected chi connectivity index (χ0v) is 29.2. The highest BCUT2D eigenvalue weighted by molar-refractivity contribution is 6.93. The van der Waals surface area contributed by atoms with Gasteiger partial charge in [0.05, 0.1) is 22.1 Å². The Morgan fingerprint density at radius 1 is 0.453 bits per heavy atom. The fraction of sp³-hybridized carbons (Fsp3) is 0.0204. The van der Waals surface area contributed by atoms with Gasteiger partial charge in [-0.25, -0.2) is 0 Å². The Hall–Kier alpha value is -6.78. The molecule has 246 valence electrons. The predicted octanol–water partition coefficient (Wildman–Crippen LogP) is 11.1. The van der Waals surface area contributed by atoms with Crippen LogP contribution in [0.4, 0.5) is 11.4 Å². The molecule has 3 nitrogen and oxygen atoms in total. The molecule has 4 heterocycles. The zero-order chi connectivity index (χ0) is 34.8. The van der Waals surface area contributed by atoms with Gasteiger partial charge in [-0.3, -0.25) is 0 Å². The number of benzene rings is 8. The molecular weight excluding hydrogens is 641 g/mol. The van der Waals surface area contributed by atoms with Crippen LogP contribution in [0.15, 0.2) is 176 Å². The average molecular weight is 674 g/mol. The van der Waals surface area contributed by atoms with Crippen molar-refractivity contribution in [2.24, 2.45) is 0 Å². The van der Waals surface area contributed by atoms with Crippen molar-refractivity contribution in [3.63, 3.8) is 0 Å². The molecule has 0 spiro atoms. The van der Waals surface area contributed by atoms with Crippen molar-refractivity contribution in [1.82, 2.24) is 9.13 Å². The number of hydrogen-bond acceptors (Lipinski definition) is 1. The molecule has 0 N–H and O–H groups in total. The number of aromatic nitrogens is 2. The second kappa shape index (κ2) is 10.6. The van der Waals surface area contributed by atoms with E-state index in [1.807, 2.05) is 0 Å². The maximum atomic E-state index is 2.66. The zero-order valence-electron chi connectivity index (χ0n) is 29.2. The van der Waals surface area contributed by atoms with Crippen LogP contribution in [-0.4, -0.2) is 16.0 Å². The van der Waals surface area contributed by atoms with Gasteiger partial charge < -0.3 is 13.9 Å². The van der Waals surface area contributed by atoms with E-state index in [1.54, 1.807) is 0 Å². The maximum absolute atomic E-state index is 2.66. The van der Waals surface area contributed by atoms with E-state index in [2.05, 4.69) is 197 Å². The SMILES string of the molecule is Cc1ccccc1N1B2c3c(cc(-c4ccccc4)cc3-n3c4ccccc4c4cccc2c43)-c2c1ccc1c2c2ccccc2n1-c1ccccc1. The smallest absolute Gasteiger partial charge is 0.333 e. The number of aryl methyl sites for hydroxylation is 1. The highest BCUT2D eigenvalue weighted by Gasteiger charge is 2.45. The van der Waals surface area contributed by atoms with Crippen molar-refractivity contribution in [1.29, 1.82) is 0 Å². The molecule has 12 rings (SSSR count). The van der Waals surface area contributed by atoms with Gasteiger partial charge in [0.1, 0.15) is 0 Å². The van der Waals surface area contributed by atoms with Gasteiger partial charge in [-0.15, -0.1) is 0 Å². The predicted molar refractivity (Wildman–Crippen MR) is 224 cm³/mol. The largest absolute Gasteiger partial charge is 0.376 e. The second-order valence-corrected chi connectivity index (χ2v) is 14.5. The Kier molecular flexibility index (Phi) is 5.79. The Bertz CT molecular complexity index is 3140. The quantitative estimate of drug-likeness (QED) is 0.170. The van der Waals surface area contributed by atoms with Gasteiger partial charge in [0, 0.05) is 49.9 Å². The van der Waals surface area contributed by atoms with Crippen LogP contribution in [0.3, 0.4) is 0 Å². The molecule has 0 bridgehead atoms. The molecule has 2 aliphatic rings. The van der Waals surface area contributed by atoms with E-state index in [-0.39, 0.29) is 6.85 Å². The summed E-state index contributed by atoms with van der Waals surface area (Å²) in [5.41, 5.74) is 18.8. The normalized spacial score (nSPS) is 12.9. The number of anilines is 2. The van der Waals surface area contributed by atoms with E-state index in [1.165, 1.54) is 105 Å². The fourth-order valence-corrected chi connectivity index (χ4v) is 9.67. The van der Waals surface area contributed by atoms with Crippen LogP contribution in [0, 0.1) is 6.92 Å². The topological polar surface area (TPSA) is 13.1 Å². The van der Waals surface area contributed by atoms with Gasteiger partial charge in [0.2, 0.25) is 0 Å². The van der Waals surface area contributed by atoms with Crippen molar-refractivity contribution in [3.05, 3.63) is 181 Å². The monoisotopic (exact) mass is 673 g/mol. The average Bonchev–Trinajstić information content (AvgIpc) is 3.74. The van der Waals surface area contributed by atoms with Crippen LogP contribution in [0.1, 0.15) is 5.56 Å². The number of nitrogens with zero attached hydrogens (tertiary/aromatic N) is 3. The van der Waals surface area contributed by atoms with Gasteiger partial charge in [-0.1, -0.05) is 121 Å². The Morgan fingerprint density at radius 3 is 1.94 bits per heavy atom. The third-order valence-corrected chi connectivity index (χ3v) is 11.8. The minimum absolute atomic E-state index is 0.0288. The third-order valence-electron chi connectivity index (χ3n) is 11.8. The fourth-order valence-electron chi connectivity index (χ4n) is 9.67. The molecule has 4 heteroatoms. The molecule has 2 aromatic heterocycles. The van der Waals surface area contributed by atoms with E-state index in [9.17, 15) is 0 Å². The molecule has 2 aliphatic heterocycles. The second-order valence-electron chi connectivity index (χ2n) is 14.5. The summed E-state index contributed by atoms with van der Waals surface area (Å²) >= 11 is 0. The van der Waals surface area contributed by atoms with Crippen molar-refractivity contribution >= 4 is 72.8 Å². The summed E-state index contributed by atoms with van der Waals surface area (Å²) in [7, 11) is 0. The molecule has 0 saturated carbocycles. The van der Waals surface area contributed by atoms with Crippen LogP contribution >= 0.6 is 0 Å². The Balaban J connectivity index is 1.32. The first-order valence-electron chi connectivity index (χ1n) is 18.5. The molecule has 10 aromatic rings. The Labute approximate surface area is 307 Å². The summed E-state index contributed by atoms with van der Waals surface area (Å²) in [6.45, 7) is 2.23. The standard InChI is InChI=1S/C49H32BN3/c1-31-15-8-11-24-40(31)53-44-28-27-43-46(37-21-10-13-26-42(37)51(43)34-18-6-3-7-19-34)47(44)38-29-33(32-16-4-2-5-17-32)30-45-48(38)50(53)39-23-14-22-36-35-20-9-12-25-41(35)52(45)49(36)39/h2-30H,1H3. The van der Waals surface area contributed by atoms with Crippen molar-refractivity contribution in [2.75, 3.05) is 4.81 Å². The molecule has 0 radical (unpaired) electrons. The Morgan fingerprint density at radius 2 is 1.13 bits per heavy atom. The summed E-state index contributed by atoms with van der Waals surface area (Å²) in [6, 6.07) is 65.2. The van der Waals surface area contributed by atoms with Crippen molar-refractivity contribution < 1.29 is 0 Å². The molecule has 8 aromatic carbocycles. The number of hydrogen-bond donors (Lipinski definition) is 0. The summed E-state index contributed by atoms with van der Waals surface area (Å²) in [5, 5.41) is 5.13. The minimum Gasteiger partial charge on any atom is -0.376 e. The highest BCUT2D eigenvalue weighted by Crippen LogP contribution is 2.50. The number of rotatable bonds is 3. The molecule has 0 fully saturated rings. The van der Waals surface area contributed by atoms with Crippen LogP contribution in [0.25, 0.3) is 77.2 Å². The molecule has 0 saturated heterocycles. The molecule has 53 heavy (non-hydrogen) atoms. The molecule has 0 atom stereocenters. The maximum Gasteiger partial charge on any atom is 0.333 e. The van der Waals surface area contributed by atoms with Crippen molar-refractivity contribution in [3.8, 4) is 33.6 Å². The first-order chi connectivity index (χ1) is 26.3. The summed E-state index contributed by atoms with van der Waals surface area (Å²) in [4.78, 5) is 2.66. The number of fused-ring (bicyclic) bond motifs is 11. The summed E-state index contributed by atoms with van der Waals surface area (Å²) in [5.74, 6) is 0. The molecular formula is C49H32BN3. The van der Waals surface area contributed by atoms with E-state index >= 15 is 0 Å². The minimum atomic E-state index is -0.0288. The lowest BCUT2D eigenvalue weighted by Gasteiger charge is -2.43. The van der Waals surface area contributed by atoms with Gasteiger partial charge in [-0.2, -0.15) is 0 Å². The lowest BCUT2D eigenvalue weighted by molar-refractivity contribution is 1.17. The van der Waals surface area contributed by atoms with Crippen LogP contribution < -0.4 is 15.7 Å². The highest BCUT2D eigenvalue weighted by atomic mass is 15.1. The van der Waals surface area contributed by atoms with Crippen LogP contribution in [0.5, 0.6) is 0 Å². The third kappa shape index (κ3) is 3.79. The molecule has 0 unspecified atom stereocenters. The first kappa shape index (κ1) is 28.9. The lowest BCUT2D eigenvalue weighted by Crippen LogP contribution is -2.60. The number of para-hydroxylation sites is 5. The molecule has 0 aliphatic carbocycles. The van der Waals surface area contributed by atoms with E-state index < -0.39 is 0 Å². The lowest BCUT2D eigenvalue weighted by atomic mass is 9.43. The summed E-state index contributed by atoms with van der Waals surface area (Å²) < 4.78 is 5.01. The van der Waals surface area contributed by atoms with E-state index in [4.69, 9.17) is 0 Å². The van der Waals surface area contributed by atoms with E-state index in [0.29, 0.717) is 0 Å². The van der Waals surface area contributed by atoms with Gasteiger partial charge >= 0.3 is 6.85 Å². The van der Waals surface area contributed by atoms with Crippen LogP contribution in [-0.2, 0) is 0 Å². The van der Waals surface area contributed by atoms with Crippen molar-refractivity contribution in [2.45, 2.75) is 6.92 Å². The van der Waals surface area contributed by atoms with Gasteiger partial charge in [-0.05, 0) is 94.7 Å². The molecule has 0 amide bonds. The summed E-state index contributed by atoms with van der Waals surface area (Å²) in [6.07, 6.45) is 0.